The van der Waals surface area contributed by atoms with E-state index in [0.717, 1.165) is 23.4 Å². The largest absolute Gasteiger partial charge is 0.490 e. The lowest BCUT2D eigenvalue weighted by atomic mass is 10.1. The van der Waals surface area contributed by atoms with Crippen molar-refractivity contribution in [2.24, 2.45) is 0 Å². The lowest BCUT2D eigenvalue weighted by Crippen LogP contribution is -2.40. The summed E-state index contributed by atoms with van der Waals surface area (Å²) in [6, 6.07) is 3.68. The van der Waals surface area contributed by atoms with E-state index in [2.05, 4.69) is 15.2 Å². The minimum absolute atomic E-state index is 0.00910. The van der Waals surface area contributed by atoms with Crippen molar-refractivity contribution in [1.29, 1.82) is 0 Å². The van der Waals surface area contributed by atoms with E-state index < -0.39 is 0 Å². The Morgan fingerprint density at radius 1 is 1.44 bits per heavy atom. The van der Waals surface area contributed by atoms with E-state index in [0.29, 0.717) is 25.3 Å². The highest BCUT2D eigenvalue weighted by molar-refractivity contribution is 5.80. The van der Waals surface area contributed by atoms with Gasteiger partial charge in [-0.2, -0.15) is 5.10 Å². The van der Waals surface area contributed by atoms with Gasteiger partial charge in [-0.25, -0.2) is 0 Å². The van der Waals surface area contributed by atoms with Crippen LogP contribution in [0.2, 0.25) is 0 Å². The molecule has 134 valence electrons. The Bertz CT molecular complexity index is 697. The van der Waals surface area contributed by atoms with Crippen LogP contribution in [0.15, 0.2) is 24.5 Å². The first-order chi connectivity index (χ1) is 12.1. The van der Waals surface area contributed by atoms with Crippen LogP contribution in [0.4, 0.5) is 0 Å². The Morgan fingerprint density at radius 3 is 2.92 bits per heavy atom. The maximum absolute atomic E-state index is 12.9. The molecule has 3 heterocycles. The van der Waals surface area contributed by atoms with Gasteiger partial charge in [0.2, 0.25) is 5.91 Å². The number of nitrogens with one attached hydrogen (secondary N) is 1. The van der Waals surface area contributed by atoms with E-state index >= 15 is 0 Å². The molecule has 3 rings (SSSR count). The minimum Gasteiger partial charge on any atom is -0.490 e. The number of hydrogen-bond acceptors (Lipinski definition) is 5. The zero-order valence-corrected chi connectivity index (χ0v) is 14.9. The summed E-state index contributed by atoms with van der Waals surface area (Å²) in [5.41, 5.74) is 2.78. The summed E-state index contributed by atoms with van der Waals surface area (Å²) in [6.45, 7) is 4.87. The number of aryl methyl sites for hydroxylation is 2. The van der Waals surface area contributed by atoms with Crippen LogP contribution in [0.3, 0.4) is 0 Å². The molecule has 0 aromatic carbocycles. The Balaban J connectivity index is 1.67. The molecule has 0 aliphatic carbocycles. The standard InChI is InChI=1S/C18H24N4O3/c1-12-17(13(2)21-20-12)8-18(23)22-10-16(24-3)7-14(22)11-25-15-5-4-6-19-9-15/h4-6,9,14,16H,7-8,10-11H2,1-3H3,(H,20,21)/t14-,16+/m0/s1. The van der Waals surface area contributed by atoms with E-state index in [9.17, 15) is 4.79 Å². The highest BCUT2D eigenvalue weighted by atomic mass is 16.5. The number of rotatable bonds is 6. The van der Waals surface area contributed by atoms with Gasteiger partial charge in [-0.1, -0.05) is 0 Å². The van der Waals surface area contributed by atoms with Gasteiger partial charge in [0.25, 0.3) is 0 Å². The predicted octanol–water partition coefficient (Wildman–Crippen LogP) is 1.66. The summed E-state index contributed by atoms with van der Waals surface area (Å²) in [6.07, 6.45) is 4.53. The zero-order chi connectivity index (χ0) is 17.8. The van der Waals surface area contributed by atoms with Gasteiger partial charge in [0.1, 0.15) is 12.4 Å². The molecule has 25 heavy (non-hydrogen) atoms. The molecule has 1 aliphatic rings. The summed E-state index contributed by atoms with van der Waals surface area (Å²) < 4.78 is 11.3. The first-order valence-electron chi connectivity index (χ1n) is 8.44. The Kier molecular flexibility index (Phi) is 5.33. The van der Waals surface area contributed by atoms with Crippen molar-refractivity contribution in [3.05, 3.63) is 41.5 Å². The van der Waals surface area contributed by atoms with Crippen molar-refractivity contribution in [2.45, 2.75) is 38.8 Å². The maximum Gasteiger partial charge on any atom is 0.227 e. The normalized spacial score (nSPS) is 20.0. The van der Waals surface area contributed by atoms with Crippen LogP contribution in [-0.2, 0) is 16.0 Å². The number of amides is 1. The fourth-order valence-electron chi connectivity index (χ4n) is 3.22. The molecule has 1 N–H and O–H groups in total. The third-order valence-corrected chi connectivity index (χ3v) is 4.72. The zero-order valence-electron chi connectivity index (χ0n) is 14.9. The molecule has 0 spiro atoms. The molecule has 2 atom stereocenters. The molecule has 2 aromatic rings. The third-order valence-electron chi connectivity index (χ3n) is 4.72. The summed E-state index contributed by atoms with van der Waals surface area (Å²) in [4.78, 5) is 18.8. The molecule has 0 unspecified atom stereocenters. The molecular formula is C18H24N4O3. The smallest absolute Gasteiger partial charge is 0.227 e. The van der Waals surface area contributed by atoms with Gasteiger partial charge in [-0.05, 0) is 32.4 Å². The SMILES string of the molecule is CO[C@@H]1C[C@@H](COc2cccnc2)N(C(=O)Cc2c(C)n[nH]c2C)C1. The lowest BCUT2D eigenvalue weighted by molar-refractivity contribution is -0.132. The summed E-state index contributed by atoms with van der Waals surface area (Å²) >= 11 is 0. The van der Waals surface area contributed by atoms with E-state index in [1.54, 1.807) is 19.5 Å². The Labute approximate surface area is 147 Å². The number of aromatic nitrogens is 3. The number of pyridine rings is 1. The number of likely N-dealkylation sites (tertiary alicyclic amines) is 1. The van der Waals surface area contributed by atoms with Gasteiger partial charge in [-0.15, -0.1) is 0 Å². The van der Waals surface area contributed by atoms with Gasteiger partial charge in [-0.3, -0.25) is 14.9 Å². The fourth-order valence-corrected chi connectivity index (χ4v) is 3.22. The number of aromatic amines is 1. The first kappa shape index (κ1) is 17.4. The lowest BCUT2D eigenvalue weighted by Gasteiger charge is -2.24. The minimum atomic E-state index is -0.00910. The van der Waals surface area contributed by atoms with Crippen LogP contribution in [0.1, 0.15) is 23.4 Å². The second kappa shape index (κ2) is 7.65. The first-order valence-corrected chi connectivity index (χ1v) is 8.44. The van der Waals surface area contributed by atoms with Crippen LogP contribution in [-0.4, -0.2) is 58.4 Å². The average Bonchev–Trinajstić information content (AvgIpc) is 3.19. The van der Waals surface area contributed by atoms with Crippen molar-refractivity contribution in [1.82, 2.24) is 20.1 Å². The van der Waals surface area contributed by atoms with E-state index in [-0.39, 0.29) is 18.1 Å². The summed E-state index contributed by atoms with van der Waals surface area (Å²) in [5, 5.41) is 7.10. The topological polar surface area (TPSA) is 80.3 Å². The van der Waals surface area contributed by atoms with Gasteiger partial charge in [0, 0.05) is 31.1 Å². The monoisotopic (exact) mass is 344 g/mol. The van der Waals surface area contributed by atoms with Crippen molar-refractivity contribution in [2.75, 3.05) is 20.3 Å². The number of nitrogens with zero attached hydrogens (tertiary/aromatic N) is 3. The second-order valence-corrected chi connectivity index (χ2v) is 6.38. The van der Waals surface area contributed by atoms with Crippen LogP contribution in [0.25, 0.3) is 0 Å². The fraction of sp³-hybridized carbons (Fsp3) is 0.500. The number of methoxy groups -OCH3 is 1. The number of hydrogen-bond donors (Lipinski definition) is 1. The van der Waals surface area contributed by atoms with Gasteiger partial charge < -0.3 is 14.4 Å². The highest BCUT2D eigenvalue weighted by Gasteiger charge is 2.36. The van der Waals surface area contributed by atoms with Crippen molar-refractivity contribution < 1.29 is 14.3 Å². The van der Waals surface area contributed by atoms with Gasteiger partial charge in [0.15, 0.2) is 0 Å². The molecule has 0 bridgehead atoms. The number of H-pyrrole nitrogens is 1. The van der Waals surface area contributed by atoms with E-state index in [4.69, 9.17) is 9.47 Å². The van der Waals surface area contributed by atoms with E-state index in [1.807, 2.05) is 30.9 Å². The molecule has 0 radical (unpaired) electrons. The number of ether oxygens (including phenoxy) is 2. The van der Waals surface area contributed by atoms with Crippen molar-refractivity contribution >= 4 is 5.91 Å². The molecular weight excluding hydrogens is 320 g/mol. The van der Waals surface area contributed by atoms with Gasteiger partial charge in [0.05, 0.1) is 30.5 Å². The molecule has 1 fully saturated rings. The third kappa shape index (κ3) is 3.99. The molecule has 7 heteroatoms. The molecule has 2 aromatic heterocycles. The van der Waals surface area contributed by atoms with Crippen LogP contribution >= 0.6 is 0 Å². The Hall–Kier alpha value is -2.41. The average molecular weight is 344 g/mol. The van der Waals surface area contributed by atoms with Gasteiger partial charge >= 0.3 is 0 Å². The van der Waals surface area contributed by atoms with Crippen molar-refractivity contribution in [3.8, 4) is 5.75 Å². The molecule has 1 saturated heterocycles. The van der Waals surface area contributed by atoms with E-state index in [1.165, 1.54) is 0 Å². The molecule has 1 amide bonds. The molecule has 7 nitrogen and oxygen atoms in total. The second-order valence-electron chi connectivity index (χ2n) is 6.38. The van der Waals surface area contributed by atoms with Crippen LogP contribution in [0.5, 0.6) is 5.75 Å². The number of carbonyl (C=O) groups excluding carboxylic acids is 1. The maximum atomic E-state index is 12.9. The summed E-state index contributed by atoms with van der Waals surface area (Å²) in [7, 11) is 1.68. The Morgan fingerprint density at radius 2 is 2.28 bits per heavy atom. The van der Waals surface area contributed by atoms with Crippen LogP contribution < -0.4 is 4.74 Å². The van der Waals surface area contributed by atoms with Crippen LogP contribution in [0, 0.1) is 13.8 Å². The molecule has 0 saturated carbocycles. The van der Waals surface area contributed by atoms with Crippen molar-refractivity contribution in [3.63, 3.8) is 0 Å². The highest BCUT2D eigenvalue weighted by Crippen LogP contribution is 2.23. The summed E-state index contributed by atoms with van der Waals surface area (Å²) in [5.74, 6) is 0.782. The number of carbonyl (C=O) groups is 1. The quantitative estimate of drug-likeness (QED) is 0.862. The predicted molar refractivity (Wildman–Crippen MR) is 92.4 cm³/mol. The molecule has 1 aliphatic heterocycles.